The quantitative estimate of drug-likeness (QED) is 0.853. The molecule has 1 fully saturated rings. The van der Waals surface area contributed by atoms with Gasteiger partial charge in [0.15, 0.2) is 0 Å². The summed E-state index contributed by atoms with van der Waals surface area (Å²) in [7, 11) is 0. The van der Waals surface area contributed by atoms with Crippen LogP contribution in [0.3, 0.4) is 0 Å². The summed E-state index contributed by atoms with van der Waals surface area (Å²) in [6.45, 7) is 12.7. The number of hydrogen-bond acceptors (Lipinski definition) is 2. The fourth-order valence-corrected chi connectivity index (χ4v) is 3.44. The molecule has 2 nitrogen and oxygen atoms in total. The van der Waals surface area contributed by atoms with Crippen LogP contribution in [0.5, 0.6) is 0 Å². The molecule has 1 aromatic carbocycles. The van der Waals surface area contributed by atoms with Crippen molar-refractivity contribution in [2.45, 2.75) is 59.2 Å². The minimum Gasteiger partial charge on any atom is -0.311 e. The first-order chi connectivity index (χ1) is 10.0. The lowest BCUT2D eigenvalue weighted by molar-refractivity contribution is 0.0997. The molecule has 1 heterocycles. The average molecular weight is 288 g/mol. The van der Waals surface area contributed by atoms with Crippen molar-refractivity contribution in [3.8, 4) is 0 Å². The molecule has 1 aromatic rings. The van der Waals surface area contributed by atoms with Crippen LogP contribution in [0.1, 0.15) is 46.1 Å². The summed E-state index contributed by atoms with van der Waals surface area (Å²) in [4.78, 5) is 2.71. The Labute approximate surface area is 130 Å². The van der Waals surface area contributed by atoms with E-state index in [9.17, 15) is 0 Å². The van der Waals surface area contributed by atoms with Crippen molar-refractivity contribution in [1.29, 1.82) is 0 Å². The predicted octanol–water partition coefficient (Wildman–Crippen LogP) is 3.92. The monoisotopic (exact) mass is 288 g/mol. The van der Waals surface area contributed by atoms with Crippen molar-refractivity contribution in [3.63, 3.8) is 0 Å². The standard InChI is InChI=1S/C19H32N2/c1-15(2)10-18-14-21(13-17-8-6-5-7-9-17)19(12-20-18)11-16(3)4/h5-9,15-16,18-20H,10-14H2,1-4H3/t18-,19-/m0/s1. The summed E-state index contributed by atoms with van der Waals surface area (Å²) in [5, 5.41) is 3.78. The molecule has 1 saturated heterocycles. The van der Waals surface area contributed by atoms with E-state index in [-0.39, 0.29) is 0 Å². The molecular weight excluding hydrogens is 256 g/mol. The predicted molar refractivity (Wildman–Crippen MR) is 91.3 cm³/mol. The fourth-order valence-electron chi connectivity index (χ4n) is 3.44. The van der Waals surface area contributed by atoms with Crippen LogP contribution >= 0.6 is 0 Å². The molecule has 0 radical (unpaired) electrons. The molecule has 0 spiro atoms. The van der Waals surface area contributed by atoms with Gasteiger partial charge in [-0.05, 0) is 30.2 Å². The zero-order valence-electron chi connectivity index (χ0n) is 14.2. The highest BCUT2D eigenvalue weighted by Crippen LogP contribution is 2.20. The first-order valence-electron chi connectivity index (χ1n) is 8.56. The van der Waals surface area contributed by atoms with Gasteiger partial charge < -0.3 is 5.32 Å². The lowest BCUT2D eigenvalue weighted by Crippen LogP contribution is -2.56. The topological polar surface area (TPSA) is 15.3 Å². The number of nitrogens with one attached hydrogen (secondary N) is 1. The molecule has 0 unspecified atom stereocenters. The molecule has 1 N–H and O–H groups in total. The zero-order valence-corrected chi connectivity index (χ0v) is 14.2. The Morgan fingerprint density at radius 2 is 1.71 bits per heavy atom. The Bertz CT molecular complexity index is 399. The number of hydrogen-bond donors (Lipinski definition) is 1. The fraction of sp³-hybridized carbons (Fsp3) is 0.684. The number of piperazine rings is 1. The highest BCUT2D eigenvalue weighted by molar-refractivity contribution is 5.15. The summed E-state index contributed by atoms with van der Waals surface area (Å²) in [5.74, 6) is 1.53. The molecule has 0 aromatic heterocycles. The second-order valence-corrected chi connectivity index (χ2v) is 7.43. The van der Waals surface area contributed by atoms with E-state index in [1.54, 1.807) is 0 Å². The Balaban J connectivity index is 2.01. The Kier molecular flexibility index (Phi) is 6.25. The van der Waals surface area contributed by atoms with Crippen molar-refractivity contribution in [3.05, 3.63) is 35.9 Å². The van der Waals surface area contributed by atoms with Gasteiger partial charge in [0.1, 0.15) is 0 Å². The van der Waals surface area contributed by atoms with E-state index >= 15 is 0 Å². The number of benzene rings is 1. The van der Waals surface area contributed by atoms with Crippen LogP contribution in [0.15, 0.2) is 30.3 Å². The van der Waals surface area contributed by atoms with E-state index in [0.29, 0.717) is 12.1 Å². The van der Waals surface area contributed by atoms with Gasteiger partial charge in [-0.1, -0.05) is 58.0 Å². The summed E-state index contributed by atoms with van der Waals surface area (Å²) in [6.07, 6.45) is 2.56. The lowest BCUT2D eigenvalue weighted by Gasteiger charge is -2.42. The third-order valence-electron chi connectivity index (χ3n) is 4.34. The van der Waals surface area contributed by atoms with Crippen LogP contribution in [0.2, 0.25) is 0 Å². The molecule has 2 heteroatoms. The van der Waals surface area contributed by atoms with E-state index in [0.717, 1.165) is 24.9 Å². The Morgan fingerprint density at radius 1 is 1.05 bits per heavy atom. The maximum atomic E-state index is 3.78. The van der Waals surface area contributed by atoms with Crippen LogP contribution in [-0.2, 0) is 6.54 Å². The molecule has 0 aliphatic carbocycles. The summed E-state index contributed by atoms with van der Waals surface area (Å²) < 4.78 is 0. The van der Waals surface area contributed by atoms with Crippen molar-refractivity contribution in [1.82, 2.24) is 10.2 Å². The zero-order chi connectivity index (χ0) is 15.2. The number of rotatable bonds is 6. The summed E-state index contributed by atoms with van der Waals surface area (Å²) in [5.41, 5.74) is 1.44. The minimum atomic E-state index is 0.650. The Morgan fingerprint density at radius 3 is 2.33 bits per heavy atom. The maximum Gasteiger partial charge on any atom is 0.0237 e. The largest absolute Gasteiger partial charge is 0.311 e. The molecule has 1 aliphatic heterocycles. The number of nitrogens with zero attached hydrogens (tertiary/aromatic N) is 1. The highest BCUT2D eigenvalue weighted by Gasteiger charge is 2.28. The SMILES string of the molecule is CC(C)C[C@H]1CN(Cc2ccccc2)[C@@H](CC(C)C)CN1. The summed E-state index contributed by atoms with van der Waals surface area (Å²) in [6, 6.07) is 12.2. The smallest absolute Gasteiger partial charge is 0.0237 e. The van der Waals surface area contributed by atoms with Gasteiger partial charge in [0.05, 0.1) is 0 Å². The van der Waals surface area contributed by atoms with Gasteiger partial charge in [-0.15, -0.1) is 0 Å². The van der Waals surface area contributed by atoms with E-state index in [1.807, 2.05) is 0 Å². The van der Waals surface area contributed by atoms with Crippen LogP contribution in [0.4, 0.5) is 0 Å². The molecule has 0 amide bonds. The molecule has 118 valence electrons. The lowest BCUT2D eigenvalue weighted by atomic mass is 9.95. The minimum absolute atomic E-state index is 0.650. The van der Waals surface area contributed by atoms with Gasteiger partial charge >= 0.3 is 0 Å². The van der Waals surface area contributed by atoms with Crippen molar-refractivity contribution in [2.24, 2.45) is 11.8 Å². The summed E-state index contributed by atoms with van der Waals surface area (Å²) >= 11 is 0. The van der Waals surface area contributed by atoms with Gasteiger partial charge in [-0.2, -0.15) is 0 Å². The maximum absolute atomic E-state index is 3.78. The first kappa shape index (κ1) is 16.5. The molecule has 0 saturated carbocycles. The van der Waals surface area contributed by atoms with Crippen LogP contribution < -0.4 is 5.32 Å². The van der Waals surface area contributed by atoms with Crippen LogP contribution in [0, 0.1) is 11.8 Å². The Hall–Kier alpha value is -0.860. The van der Waals surface area contributed by atoms with Gasteiger partial charge in [-0.25, -0.2) is 0 Å². The highest BCUT2D eigenvalue weighted by atomic mass is 15.2. The third-order valence-corrected chi connectivity index (χ3v) is 4.34. The third kappa shape index (κ3) is 5.44. The second kappa shape index (κ2) is 7.95. The average Bonchev–Trinajstić information content (AvgIpc) is 2.42. The van der Waals surface area contributed by atoms with Crippen LogP contribution in [-0.4, -0.2) is 30.1 Å². The normalized spacial score (nSPS) is 23.9. The molecular formula is C19H32N2. The molecule has 0 bridgehead atoms. The van der Waals surface area contributed by atoms with E-state index in [1.165, 1.54) is 24.9 Å². The molecule has 2 atom stereocenters. The van der Waals surface area contributed by atoms with Crippen molar-refractivity contribution < 1.29 is 0 Å². The van der Waals surface area contributed by atoms with Crippen molar-refractivity contribution >= 4 is 0 Å². The molecule has 2 rings (SSSR count). The van der Waals surface area contributed by atoms with Gasteiger partial charge in [0.2, 0.25) is 0 Å². The van der Waals surface area contributed by atoms with E-state index < -0.39 is 0 Å². The molecule has 21 heavy (non-hydrogen) atoms. The second-order valence-electron chi connectivity index (χ2n) is 7.43. The van der Waals surface area contributed by atoms with Gasteiger partial charge in [0, 0.05) is 31.7 Å². The van der Waals surface area contributed by atoms with Gasteiger partial charge in [0.25, 0.3) is 0 Å². The van der Waals surface area contributed by atoms with Gasteiger partial charge in [-0.3, -0.25) is 4.90 Å². The van der Waals surface area contributed by atoms with E-state index in [4.69, 9.17) is 0 Å². The van der Waals surface area contributed by atoms with Crippen LogP contribution in [0.25, 0.3) is 0 Å². The first-order valence-corrected chi connectivity index (χ1v) is 8.56. The van der Waals surface area contributed by atoms with E-state index in [2.05, 4.69) is 68.2 Å². The molecule has 1 aliphatic rings. The van der Waals surface area contributed by atoms with Crippen molar-refractivity contribution in [2.75, 3.05) is 13.1 Å².